The maximum Gasteiger partial charge on any atom is 0.307 e. The van der Waals surface area contributed by atoms with E-state index in [2.05, 4.69) is 10.5 Å². The number of rotatable bonds is 5. The van der Waals surface area contributed by atoms with Crippen molar-refractivity contribution in [2.45, 2.75) is 0 Å². The van der Waals surface area contributed by atoms with Crippen LogP contribution in [0.1, 0.15) is 16.1 Å². The number of methoxy groups -OCH3 is 2. The maximum atomic E-state index is 12.1. The third kappa shape index (κ3) is 3.40. The molecule has 0 radical (unpaired) electrons. The van der Waals surface area contributed by atoms with Crippen molar-refractivity contribution in [2.24, 2.45) is 5.10 Å². The summed E-state index contributed by atoms with van der Waals surface area (Å²) in [5.41, 5.74) is 3.60. The van der Waals surface area contributed by atoms with Gasteiger partial charge in [0.2, 0.25) is 5.75 Å². The highest BCUT2D eigenvalue weighted by Gasteiger charge is 2.12. The number of ether oxygens (including phenoxy) is 2. The second kappa shape index (κ2) is 6.96. The summed E-state index contributed by atoms with van der Waals surface area (Å²) in [5, 5.41) is 14.6. The molecule has 0 saturated heterocycles. The van der Waals surface area contributed by atoms with Crippen LogP contribution in [0.5, 0.6) is 17.2 Å². The third-order valence-electron chi connectivity index (χ3n) is 3.53. The monoisotopic (exact) mass is 340 g/mol. The van der Waals surface area contributed by atoms with Gasteiger partial charge in [0, 0.05) is 10.9 Å². The fraction of sp³-hybridized carbons (Fsp3) is 0.111. The normalized spacial score (nSPS) is 11.0. The summed E-state index contributed by atoms with van der Waals surface area (Å²) < 4.78 is 15.6. The lowest BCUT2D eigenvalue weighted by atomic mass is 10.2. The van der Waals surface area contributed by atoms with Crippen LogP contribution in [0.25, 0.3) is 11.0 Å². The Morgan fingerprint density at radius 1 is 1.16 bits per heavy atom. The highest BCUT2D eigenvalue weighted by atomic mass is 16.5. The average Bonchev–Trinajstić information content (AvgIpc) is 3.07. The van der Waals surface area contributed by atoms with Crippen LogP contribution in [0.2, 0.25) is 0 Å². The molecule has 0 aliphatic rings. The quantitative estimate of drug-likeness (QED) is 0.550. The number of furan rings is 1. The van der Waals surface area contributed by atoms with Gasteiger partial charge in [0.25, 0.3) is 0 Å². The van der Waals surface area contributed by atoms with E-state index in [-0.39, 0.29) is 23.0 Å². The molecule has 3 aromatic rings. The van der Waals surface area contributed by atoms with E-state index in [9.17, 15) is 9.90 Å². The molecule has 0 spiro atoms. The second-order valence-electron chi connectivity index (χ2n) is 5.12. The van der Waals surface area contributed by atoms with Crippen LogP contribution >= 0.6 is 0 Å². The minimum atomic E-state index is -0.467. The summed E-state index contributed by atoms with van der Waals surface area (Å²) in [6.45, 7) is 0. The molecule has 1 amide bonds. The summed E-state index contributed by atoms with van der Waals surface area (Å²) in [6.07, 6.45) is 1.41. The molecule has 0 saturated carbocycles. The standard InChI is InChI=1S/C18H16N2O5/c1-23-14-7-11(8-15(24-2)17(14)21)10-19-20-18(22)16-9-12-5-3-4-6-13(12)25-16/h3-10,21H,1-2H3,(H,20,22)/b19-10+. The minimum Gasteiger partial charge on any atom is -0.502 e. The molecule has 0 aliphatic carbocycles. The Labute approximate surface area is 143 Å². The van der Waals surface area contributed by atoms with Gasteiger partial charge in [-0.3, -0.25) is 4.79 Å². The largest absolute Gasteiger partial charge is 0.502 e. The summed E-state index contributed by atoms with van der Waals surface area (Å²) in [5.74, 6) is 0.0756. The Morgan fingerprint density at radius 2 is 1.84 bits per heavy atom. The first-order valence-corrected chi connectivity index (χ1v) is 7.39. The first-order valence-electron chi connectivity index (χ1n) is 7.39. The first kappa shape index (κ1) is 16.4. The van der Waals surface area contributed by atoms with E-state index in [1.54, 1.807) is 24.3 Å². The van der Waals surface area contributed by atoms with Gasteiger partial charge in [0.05, 0.1) is 20.4 Å². The predicted octanol–water partition coefficient (Wildman–Crippen LogP) is 2.92. The number of benzene rings is 2. The van der Waals surface area contributed by atoms with Gasteiger partial charge in [0.15, 0.2) is 17.3 Å². The molecule has 25 heavy (non-hydrogen) atoms. The lowest BCUT2D eigenvalue weighted by Crippen LogP contribution is -2.16. The van der Waals surface area contributed by atoms with Gasteiger partial charge in [-0.1, -0.05) is 18.2 Å². The van der Waals surface area contributed by atoms with Gasteiger partial charge in [-0.2, -0.15) is 5.10 Å². The Morgan fingerprint density at radius 3 is 2.48 bits per heavy atom. The Balaban J connectivity index is 1.75. The number of phenolic OH excluding ortho intramolecular Hbond substituents is 1. The summed E-state index contributed by atoms with van der Waals surface area (Å²) in [7, 11) is 2.86. The number of carbonyl (C=O) groups is 1. The molecule has 0 fully saturated rings. The topological polar surface area (TPSA) is 93.3 Å². The Bertz CT molecular complexity index is 888. The van der Waals surface area contributed by atoms with Crippen LogP contribution < -0.4 is 14.9 Å². The number of hydrogen-bond donors (Lipinski definition) is 2. The van der Waals surface area contributed by atoms with E-state index in [1.165, 1.54) is 20.4 Å². The van der Waals surface area contributed by atoms with Crippen LogP contribution in [0.15, 0.2) is 52.0 Å². The van der Waals surface area contributed by atoms with Crippen LogP contribution in [-0.2, 0) is 0 Å². The molecule has 0 atom stereocenters. The molecule has 3 rings (SSSR count). The van der Waals surface area contributed by atoms with Crippen LogP contribution in [0.4, 0.5) is 0 Å². The van der Waals surface area contributed by atoms with Gasteiger partial charge in [-0.25, -0.2) is 5.43 Å². The van der Waals surface area contributed by atoms with E-state index >= 15 is 0 Å². The van der Waals surface area contributed by atoms with Crippen molar-refractivity contribution < 1.29 is 23.8 Å². The highest BCUT2D eigenvalue weighted by molar-refractivity contribution is 5.96. The minimum absolute atomic E-state index is 0.103. The molecule has 2 N–H and O–H groups in total. The zero-order chi connectivity index (χ0) is 17.8. The van der Waals surface area contributed by atoms with Crippen molar-refractivity contribution in [3.63, 3.8) is 0 Å². The third-order valence-corrected chi connectivity index (χ3v) is 3.53. The SMILES string of the molecule is COc1cc(/C=N/NC(=O)c2cc3ccccc3o2)cc(OC)c1O. The Hall–Kier alpha value is -3.48. The lowest BCUT2D eigenvalue weighted by Gasteiger charge is -2.09. The number of hydrogen-bond acceptors (Lipinski definition) is 6. The Kier molecular flexibility index (Phi) is 4.56. The van der Waals surface area contributed by atoms with E-state index in [0.29, 0.717) is 11.1 Å². The fourth-order valence-electron chi connectivity index (χ4n) is 2.30. The number of fused-ring (bicyclic) bond motifs is 1. The fourth-order valence-corrected chi connectivity index (χ4v) is 2.30. The zero-order valence-corrected chi connectivity index (χ0v) is 13.6. The van der Waals surface area contributed by atoms with Crippen molar-refractivity contribution in [2.75, 3.05) is 14.2 Å². The van der Waals surface area contributed by atoms with Gasteiger partial charge < -0.3 is 19.0 Å². The molecule has 0 aliphatic heterocycles. The van der Waals surface area contributed by atoms with Crippen LogP contribution in [0.3, 0.4) is 0 Å². The highest BCUT2D eigenvalue weighted by Crippen LogP contribution is 2.36. The van der Waals surface area contributed by atoms with Gasteiger partial charge in [-0.15, -0.1) is 0 Å². The number of phenols is 1. The first-order chi connectivity index (χ1) is 12.1. The number of hydrazone groups is 1. The lowest BCUT2D eigenvalue weighted by molar-refractivity contribution is 0.0929. The molecule has 7 heteroatoms. The van der Waals surface area contributed by atoms with Crippen LogP contribution in [-0.4, -0.2) is 31.4 Å². The molecule has 1 aromatic heterocycles. The van der Waals surface area contributed by atoms with Gasteiger partial charge >= 0.3 is 5.91 Å². The van der Waals surface area contributed by atoms with E-state index in [0.717, 1.165) is 5.39 Å². The van der Waals surface area contributed by atoms with Crippen molar-refractivity contribution >= 4 is 23.1 Å². The average molecular weight is 340 g/mol. The van der Waals surface area contributed by atoms with Crippen molar-refractivity contribution in [1.82, 2.24) is 5.43 Å². The van der Waals surface area contributed by atoms with E-state index in [1.807, 2.05) is 18.2 Å². The zero-order valence-electron chi connectivity index (χ0n) is 13.6. The van der Waals surface area contributed by atoms with Gasteiger partial charge in [0.1, 0.15) is 5.58 Å². The molecule has 0 bridgehead atoms. The molecular weight excluding hydrogens is 324 g/mol. The number of nitrogens with one attached hydrogen (secondary N) is 1. The van der Waals surface area contributed by atoms with E-state index in [4.69, 9.17) is 13.9 Å². The number of amides is 1. The summed E-state index contributed by atoms with van der Waals surface area (Å²) in [4.78, 5) is 12.1. The molecule has 1 heterocycles. The number of aromatic hydroxyl groups is 1. The maximum absolute atomic E-state index is 12.1. The second-order valence-corrected chi connectivity index (χ2v) is 5.12. The summed E-state index contributed by atoms with van der Waals surface area (Å²) >= 11 is 0. The van der Waals surface area contributed by atoms with Crippen molar-refractivity contribution in [1.29, 1.82) is 0 Å². The van der Waals surface area contributed by atoms with Crippen LogP contribution in [0, 0.1) is 0 Å². The van der Waals surface area contributed by atoms with Crippen molar-refractivity contribution in [3.8, 4) is 17.2 Å². The summed E-state index contributed by atoms with van der Waals surface area (Å²) in [6, 6.07) is 12.1. The number of nitrogens with zero attached hydrogens (tertiary/aromatic N) is 1. The number of carbonyl (C=O) groups excluding carboxylic acids is 1. The predicted molar refractivity (Wildman–Crippen MR) is 92.5 cm³/mol. The molecule has 128 valence electrons. The smallest absolute Gasteiger partial charge is 0.307 e. The molecular formula is C18H16N2O5. The molecule has 0 unspecified atom stereocenters. The van der Waals surface area contributed by atoms with Gasteiger partial charge in [-0.05, 0) is 24.3 Å². The molecule has 2 aromatic carbocycles. The van der Waals surface area contributed by atoms with E-state index < -0.39 is 5.91 Å². The molecule has 7 nitrogen and oxygen atoms in total. The van der Waals surface area contributed by atoms with Crippen molar-refractivity contribution in [3.05, 3.63) is 53.8 Å². The number of para-hydroxylation sites is 1.